The average Bonchev–Trinajstić information content (AvgIpc) is 3.74. The van der Waals surface area contributed by atoms with E-state index in [1.807, 2.05) is 0 Å². The van der Waals surface area contributed by atoms with Crippen molar-refractivity contribution in [1.29, 1.82) is 0 Å². The maximum atomic E-state index is 5.52. The van der Waals surface area contributed by atoms with E-state index in [4.69, 9.17) is 9.97 Å². The fourth-order valence-electron chi connectivity index (χ4n) is 7.79. The zero-order valence-corrected chi connectivity index (χ0v) is 30.7. The molecule has 54 heavy (non-hydrogen) atoms. The smallest absolute Gasteiger partial charge is 0.237 e. The first kappa shape index (κ1) is 33.1. The number of hydrogen-bond acceptors (Lipinski definition) is 2. The van der Waals surface area contributed by atoms with Crippen molar-refractivity contribution in [3.05, 3.63) is 204 Å². The Labute approximate surface area is 315 Å². The third-order valence-corrected chi connectivity index (χ3v) is 10.2. The molecule has 0 aliphatic rings. The lowest BCUT2D eigenvalue weighted by Gasteiger charge is -2.16. The highest BCUT2D eigenvalue weighted by Gasteiger charge is 2.20. The third-order valence-electron chi connectivity index (χ3n) is 10.2. The molecule has 0 saturated heterocycles. The Morgan fingerprint density at radius 1 is 0.500 bits per heavy atom. The number of allylic oxidation sites excluding steroid dienone is 6. The molecule has 0 bridgehead atoms. The van der Waals surface area contributed by atoms with Crippen molar-refractivity contribution in [3.8, 4) is 11.8 Å². The van der Waals surface area contributed by atoms with Gasteiger partial charge in [-0.1, -0.05) is 151 Å². The Balaban J connectivity index is 1.39. The van der Waals surface area contributed by atoms with E-state index < -0.39 is 0 Å². The van der Waals surface area contributed by atoms with E-state index in [-0.39, 0.29) is 5.92 Å². The second kappa shape index (κ2) is 14.0. The van der Waals surface area contributed by atoms with Crippen molar-refractivity contribution in [2.75, 3.05) is 0 Å². The maximum absolute atomic E-state index is 5.52. The van der Waals surface area contributed by atoms with Crippen LogP contribution in [0.5, 0.6) is 0 Å². The third kappa shape index (κ3) is 6.02. The van der Waals surface area contributed by atoms with E-state index in [9.17, 15) is 0 Å². The lowest BCUT2D eigenvalue weighted by Crippen LogP contribution is -2.09. The first-order valence-corrected chi connectivity index (χ1v) is 18.6. The van der Waals surface area contributed by atoms with Crippen LogP contribution < -0.4 is 0 Å². The second-order valence-corrected chi connectivity index (χ2v) is 14.1. The summed E-state index contributed by atoms with van der Waals surface area (Å²) in [5, 5.41) is 4.72. The van der Waals surface area contributed by atoms with Crippen LogP contribution in [-0.4, -0.2) is 19.1 Å². The van der Waals surface area contributed by atoms with Crippen LogP contribution in [0, 0.1) is 0 Å². The lowest BCUT2D eigenvalue weighted by molar-refractivity contribution is 0.940. The Hall–Kier alpha value is -6.78. The predicted octanol–water partition coefficient (Wildman–Crippen LogP) is 12.9. The molecule has 0 amide bonds. The number of para-hydroxylation sites is 4. The fourth-order valence-corrected chi connectivity index (χ4v) is 7.79. The summed E-state index contributed by atoms with van der Waals surface area (Å²) < 4.78 is 4.52. The molecule has 9 aromatic rings. The molecule has 9 rings (SSSR count). The number of nitrogens with zero attached hydrogens (tertiary/aromatic N) is 4. The van der Waals surface area contributed by atoms with Gasteiger partial charge in [-0.15, -0.1) is 0 Å². The molecular formula is C50H40N4. The van der Waals surface area contributed by atoms with Crippen molar-refractivity contribution in [2.45, 2.75) is 26.7 Å². The summed E-state index contributed by atoms with van der Waals surface area (Å²) in [6, 6.07) is 57.8. The van der Waals surface area contributed by atoms with Gasteiger partial charge in [-0.05, 0) is 73.4 Å². The van der Waals surface area contributed by atoms with Gasteiger partial charge in [0.15, 0.2) is 0 Å². The van der Waals surface area contributed by atoms with E-state index in [0.717, 1.165) is 44.7 Å². The largest absolute Gasteiger partial charge is 0.294 e. The summed E-state index contributed by atoms with van der Waals surface area (Å²) >= 11 is 0. The lowest BCUT2D eigenvalue weighted by atomic mass is 9.92. The minimum Gasteiger partial charge on any atom is -0.294 e. The van der Waals surface area contributed by atoms with Crippen LogP contribution in [0.15, 0.2) is 188 Å². The molecule has 0 radical (unpaired) electrons. The van der Waals surface area contributed by atoms with Gasteiger partial charge < -0.3 is 0 Å². The predicted molar refractivity (Wildman–Crippen MR) is 227 cm³/mol. The first-order valence-electron chi connectivity index (χ1n) is 18.6. The molecule has 260 valence electrons. The summed E-state index contributed by atoms with van der Waals surface area (Å²) in [5.41, 5.74) is 11.0. The van der Waals surface area contributed by atoms with Gasteiger partial charge in [-0.3, -0.25) is 9.13 Å². The molecule has 4 heteroatoms. The van der Waals surface area contributed by atoms with Crippen LogP contribution in [0.4, 0.5) is 0 Å². The number of benzene rings is 6. The zero-order valence-electron chi connectivity index (χ0n) is 30.7. The van der Waals surface area contributed by atoms with E-state index in [0.29, 0.717) is 5.95 Å². The molecule has 0 N–H and O–H groups in total. The van der Waals surface area contributed by atoms with E-state index in [1.165, 1.54) is 38.2 Å². The summed E-state index contributed by atoms with van der Waals surface area (Å²) in [6.07, 6.45) is 6.99. The van der Waals surface area contributed by atoms with E-state index in [2.05, 4.69) is 212 Å². The molecule has 6 aromatic carbocycles. The molecule has 4 nitrogen and oxygen atoms in total. The molecule has 0 fully saturated rings. The first-order chi connectivity index (χ1) is 26.5. The standard InChI is InChI=1S/C50H40N4/c1-34(2)30-38(37-20-8-5-9-21-37)32-39(31-35(3)36-18-6-4-7-19-36)44-33-49(53-45-26-14-10-22-40(45)41-23-11-15-27-46(41)53)52-50(51-44)54-47-28-16-12-24-42(47)43-25-13-17-29-48(43)54/h4-33,38H,1-3H3/b35-31+,39-32+. The van der Waals surface area contributed by atoms with Gasteiger partial charge in [-0.2, -0.15) is 4.98 Å². The number of aromatic nitrogens is 4. The van der Waals surface area contributed by atoms with Gasteiger partial charge in [0, 0.05) is 33.5 Å². The van der Waals surface area contributed by atoms with Gasteiger partial charge in [0.2, 0.25) is 5.95 Å². The zero-order chi connectivity index (χ0) is 36.6. The normalized spacial score (nSPS) is 12.9. The number of rotatable bonds is 8. The molecule has 3 heterocycles. The van der Waals surface area contributed by atoms with Crippen molar-refractivity contribution in [2.24, 2.45) is 0 Å². The van der Waals surface area contributed by atoms with Crippen LogP contribution in [-0.2, 0) is 0 Å². The van der Waals surface area contributed by atoms with Crippen LogP contribution in [0.3, 0.4) is 0 Å². The Bertz CT molecular complexity index is 2660. The van der Waals surface area contributed by atoms with Gasteiger partial charge in [0.05, 0.1) is 27.8 Å². The van der Waals surface area contributed by atoms with Crippen molar-refractivity contribution < 1.29 is 0 Å². The van der Waals surface area contributed by atoms with Crippen LogP contribution in [0.2, 0.25) is 0 Å². The molecular weight excluding hydrogens is 657 g/mol. The average molecular weight is 697 g/mol. The molecule has 3 aromatic heterocycles. The maximum Gasteiger partial charge on any atom is 0.237 e. The van der Waals surface area contributed by atoms with Crippen LogP contribution >= 0.6 is 0 Å². The van der Waals surface area contributed by atoms with Crippen LogP contribution in [0.1, 0.15) is 43.5 Å². The van der Waals surface area contributed by atoms with Crippen LogP contribution in [0.25, 0.3) is 66.5 Å². The SMILES string of the molecule is CC(C)=CC(/C=C(\C=C(/C)c1ccccc1)c1cc(-n2c3ccccc3c3ccccc32)nc(-n2c3ccccc3c3ccccc32)n1)c1ccccc1. The van der Waals surface area contributed by atoms with Gasteiger partial charge in [0.25, 0.3) is 0 Å². The highest BCUT2D eigenvalue weighted by atomic mass is 15.2. The van der Waals surface area contributed by atoms with Crippen molar-refractivity contribution >= 4 is 54.8 Å². The fraction of sp³-hybridized carbons (Fsp3) is 0.0800. The van der Waals surface area contributed by atoms with Gasteiger partial charge >= 0.3 is 0 Å². The molecule has 0 aliphatic heterocycles. The summed E-state index contributed by atoms with van der Waals surface area (Å²) in [5.74, 6) is 1.45. The minimum absolute atomic E-state index is 0.0226. The highest BCUT2D eigenvalue weighted by Crippen LogP contribution is 2.36. The molecule has 1 unspecified atom stereocenters. The Morgan fingerprint density at radius 2 is 0.963 bits per heavy atom. The van der Waals surface area contributed by atoms with Gasteiger partial charge in [-0.25, -0.2) is 4.98 Å². The summed E-state index contributed by atoms with van der Waals surface area (Å²) in [7, 11) is 0. The highest BCUT2D eigenvalue weighted by molar-refractivity contribution is 6.10. The van der Waals surface area contributed by atoms with E-state index >= 15 is 0 Å². The topological polar surface area (TPSA) is 35.6 Å². The monoisotopic (exact) mass is 696 g/mol. The van der Waals surface area contributed by atoms with Crippen molar-refractivity contribution in [3.63, 3.8) is 0 Å². The minimum atomic E-state index is 0.0226. The molecule has 0 aliphatic carbocycles. The number of hydrogen-bond donors (Lipinski definition) is 0. The second-order valence-electron chi connectivity index (χ2n) is 14.1. The van der Waals surface area contributed by atoms with Crippen molar-refractivity contribution in [1.82, 2.24) is 19.1 Å². The molecule has 0 saturated carbocycles. The summed E-state index contributed by atoms with van der Waals surface area (Å²) in [4.78, 5) is 11.0. The molecule has 1 atom stereocenters. The number of fused-ring (bicyclic) bond motifs is 6. The van der Waals surface area contributed by atoms with Gasteiger partial charge in [0.1, 0.15) is 5.82 Å². The Morgan fingerprint density at radius 3 is 1.48 bits per heavy atom. The molecule has 0 spiro atoms. The van der Waals surface area contributed by atoms with E-state index in [1.54, 1.807) is 0 Å². The Kier molecular flexibility index (Phi) is 8.57. The quantitative estimate of drug-likeness (QED) is 0.117. The summed E-state index contributed by atoms with van der Waals surface area (Å²) in [6.45, 7) is 6.52.